The van der Waals surface area contributed by atoms with Crippen LogP contribution in [-0.4, -0.2) is 24.1 Å². The molecule has 0 saturated heterocycles. The minimum Gasteiger partial charge on any atom is -0.508 e. The van der Waals surface area contributed by atoms with Crippen molar-refractivity contribution in [2.75, 3.05) is 7.05 Å². The Labute approximate surface area is 88.3 Å². The second kappa shape index (κ2) is 5.33. The van der Waals surface area contributed by atoms with Gasteiger partial charge in [0.1, 0.15) is 11.8 Å². The van der Waals surface area contributed by atoms with Crippen molar-refractivity contribution in [1.82, 2.24) is 10.9 Å². The largest absolute Gasteiger partial charge is 0.508 e. The van der Waals surface area contributed by atoms with Crippen molar-refractivity contribution >= 4 is 5.91 Å². The minimum atomic E-state index is -0.459. The molecule has 0 spiro atoms. The molecule has 1 atom stereocenters. The van der Waals surface area contributed by atoms with Gasteiger partial charge in [-0.15, -0.1) is 0 Å². The Morgan fingerprint density at radius 2 is 2.07 bits per heavy atom. The molecule has 5 N–H and O–H groups in total. The van der Waals surface area contributed by atoms with Crippen molar-refractivity contribution in [3.05, 3.63) is 29.8 Å². The highest BCUT2D eigenvalue weighted by Gasteiger charge is 2.14. The van der Waals surface area contributed by atoms with Gasteiger partial charge >= 0.3 is 0 Å². The highest BCUT2D eigenvalue weighted by Crippen LogP contribution is 2.10. The lowest BCUT2D eigenvalue weighted by molar-refractivity contribution is -0.120. The van der Waals surface area contributed by atoms with E-state index in [2.05, 4.69) is 10.9 Å². The molecule has 1 rings (SSSR count). The Balaban J connectivity index is 2.65. The van der Waals surface area contributed by atoms with Crippen LogP contribution in [0.4, 0.5) is 0 Å². The number of phenolic OH excluding ortho intramolecular Hbond substituents is 1. The van der Waals surface area contributed by atoms with Gasteiger partial charge in [-0.2, -0.15) is 0 Å². The summed E-state index contributed by atoms with van der Waals surface area (Å²) in [6.45, 7) is 0. The summed E-state index contributed by atoms with van der Waals surface area (Å²) < 4.78 is 0. The van der Waals surface area contributed by atoms with Gasteiger partial charge in [-0.25, -0.2) is 5.43 Å². The van der Waals surface area contributed by atoms with Gasteiger partial charge in [0.05, 0.1) is 0 Å². The smallest absolute Gasteiger partial charge is 0.236 e. The van der Waals surface area contributed by atoms with E-state index in [0.29, 0.717) is 6.42 Å². The number of nitrogens with one attached hydrogen (secondary N) is 2. The second-order valence-corrected chi connectivity index (χ2v) is 3.22. The van der Waals surface area contributed by atoms with Gasteiger partial charge in [0.25, 0.3) is 0 Å². The number of carbonyl (C=O) groups is 1. The van der Waals surface area contributed by atoms with E-state index in [0.717, 1.165) is 5.56 Å². The fraction of sp³-hybridized carbons (Fsp3) is 0.300. The number of aromatic hydroxyl groups is 1. The molecule has 0 aliphatic carbocycles. The molecule has 0 saturated carbocycles. The van der Waals surface area contributed by atoms with Crippen molar-refractivity contribution in [2.24, 2.45) is 5.73 Å². The van der Waals surface area contributed by atoms with E-state index in [9.17, 15) is 4.79 Å². The summed E-state index contributed by atoms with van der Waals surface area (Å²) in [4.78, 5) is 11.0. The molecular weight excluding hydrogens is 194 g/mol. The van der Waals surface area contributed by atoms with Crippen molar-refractivity contribution in [2.45, 2.75) is 12.5 Å². The molecule has 0 aromatic heterocycles. The fourth-order valence-electron chi connectivity index (χ4n) is 1.26. The first kappa shape index (κ1) is 11.5. The quantitative estimate of drug-likeness (QED) is 0.493. The van der Waals surface area contributed by atoms with Crippen LogP contribution in [0.5, 0.6) is 5.75 Å². The van der Waals surface area contributed by atoms with Crippen LogP contribution in [0.3, 0.4) is 0 Å². The molecule has 15 heavy (non-hydrogen) atoms. The van der Waals surface area contributed by atoms with Crippen molar-refractivity contribution in [3.63, 3.8) is 0 Å². The van der Waals surface area contributed by atoms with Crippen LogP contribution in [0, 0.1) is 0 Å². The third-order valence-electron chi connectivity index (χ3n) is 2.04. The number of benzene rings is 1. The van der Waals surface area contributed by atoms with Crippen LogP contribution in [-0.2, 0) is 11.2 Å². The third kappa shape index (κ3) is 3.57. The van der Waals surface area contributed by atoms with Crippen LogP contribution in [0.25, 0.3) is 0 Å². The highest BCUT2D eigenvalue weighted by atomic mass is 16.3. The SMILES string of the molecule is CNN[C@@H](Cc1ccc(O)cc1)C(N)=O. The first-order valence-corrected chi connectivity index (χ1v) is 4.63. The molecule has 0 aliphatic rings. The van der Waals surface area contributed by atoms with E-state index in [1.165, 1.54) is 0 Å². The molecule has 0 unspecified atom stereocenters. The van der Waals surface area contributed by atoms with Gasteiger partial charge in [-0.3, -0.25) is 10.2 Å². The molecule has 1 aromatic rings. The van der Waals surface area contributed by atoms with Crippen LogP contribution in [0.2, 0.25) is 0 Å². The molecule has 5 nitrogen and oxygen atoms in total. The van der Waals surface area contributed by atoms with Gasteiger partial charge < -0.3 is 10.8 Å². The van der Waals surface area contributed by atoms with Crippen LogP contribution >= 0.6 is 0 Å². The zero-order valence-electron chi connectivity index (χ0n) is 8.53. The Morgan fingerprint density at radius 1 is 1.47 bits per heavy atom. The average Bonchev–Trinajstić information content (AvgIpc) is 2.20. The van der Waals surface area contributed by atoms with Crippen molar-refractivity contribution in [3.8, 4) is 5.75 Å². The molecule has 0 fully saturated rings. The molecular formula is C10H15N3O2. The summed E-state index contributed by atoms with van der Waals surface area (Å²) in [7, 11) is 1.67. The van der Waals surface area contributed by atoms with Gasteiger partial charge in [-0.1, -0.05) is 12.1 Å². The van der Waals surface area contributed by atoms with Crippen LogP contribution in [0.1, 0.15) is 5.56 Å². The Morgan fingerprint density at radius 3 is 2.53 bits per heavy atom. The van der Waals surface area contributed by atoms with E-state index in [1.807, 2.05) is 0 Å². The summed E-state index contributed by atoms with van der Waals surface area (Å²) in [6.07, 6.45) is 0.483. The highest BCUT2D eigenvalue weighted by molar-refractivity contribution is 5.80. The predicted octanol–water partition coefficient (Wildman–Crippen LogP) is -0.487. The summed E-state index contributed by atoms with van der Waals surface area (Å²) in [6, 6.07) is 6.20. The number of primary amides is 1. The van der Waals surface area contributed by atoms with Crippen molar-refractivity contribution < 1.29 is 9.90 Å². The number of hydrazine groups is 1. The molecule has 0 heterocycles. The molecule has 0 bridgehead atoms. The standard InChI is InChI=1S/C10H15N3O2/c1-12-13-9(10(11)15)6-7-2-4-8(14)5-3-7/h2-5,9,12-14H,6H2,1H3,(H2,11,15)/t9-/m0/s1. The molecule has 82 valence electrons. The summed E-state index contributed by atoms with van der Waals surface area (Å²) in [5, 5.41) is 9.08. The lowest BCUT2D eigenvalue weighted by Gasteiger charge is -2.14. The van der Waals surface area contributed by atoms with Gasteiger partial charge in [-0.05, 0) is 31.2 Å². The number of carbonyl (C=O) groups excluding carboxylic acids is 1. The van der Waals surface area contributed by atoms with Crippen LogP contribution < -0.4 is 16.6 Å². The summed E-state index contributed by atoms with van der Waals surface area (Å²) >= 11 is 0. The first-order valence-electron chi connectivity index (χ1n) is 4.63. The number of nitrogens with two attached hydrogens (primary N) is 1. The zero-order chi connectivity index (χ0) is 11.3. The topological polar surface area (TPSA) is 87.4 Å². The first-order chi connectivity index (χ1) is 7.13. The minimum absolute atomic E-state index is 0.205. The van der Waals surface area contributed by atoms with E-state index < -0.39 is 11.9 Å². The average molecular weight is 209 g/mol. The maximum absolute atomic E-state index is 11.0. The third-order valence-corrected chi connectivity index (χ3v) is 2.04. The van der Waals surface area contributed by atoms with Crippen LogP contribution in [0.15, 0.2) is 24.3 Å². The molecule has 1 amide bonds. The van der Waals surface area contributed by atoms with E-state index in [4.69, 9.17) is 10.8 Å². The summed E-state index contributed by atoms with van der Waals surface area (Å²) in [5.74, 6) is -0.214. The molecule has 0 radical (unpaired) electrons. The van der Waals surface area contributed by atoms with Gasteiger partial charge in [0, 0.05) is 0 Å². The predicted molar refractivity (Wildman–Crippen MR) is 57.0 cm³/mol. The normalized spacial score (nSPS) is 12.3. The van der Waals surface area contributed by atoms with E-state index in [-0.39, 0.29) is 5.75 Å². The monoisotopic (exact) mass is 209 g/mol. The Kier molecular flexibility index (Phi) is 4.08. The Bertz CT molecular complexity index is 324. The number of phenols is 1. The number of amides is 1. The maximum Gasteiger partial charge on any atom is 0.236 e. The Hall–Kier alpha value is -1.59. The second-order valence-electron chi connectivity index (χ2n) is 3.22. The number of rotatable bonds is 5. The summed E-state index contributed by atoms with van der Waals surface area (Å²) in [5.41, 5.74) is 11.6. The number of hydrogen-bond acceptors (Lipinski definition) is 4. The lowest BCUT2D eigenvalue weighted by Crippen LogP contribution is -2.48. The molecule has 1 aromatic carbocycles. The van der Waals surface area contributed by atoms with E-state index in [1.54, 1.807) is 31.3 Å². The molecule has 0 aliphatic heterocycles. The van der Waals surface area contributed by atoms with E-state index >= 15 is 0 Å². The maximum atomic E-state index is 11.0. The van der Waals surface area contributed by atoms with Crippen molar-refractivity contribution in [1.29, 1.82) is 0 Å². The fourth-order valence-corrected chi connectivity index (χ4v) is 1.26. The van der Waals surface area contributed by atoms with Gasteiger partial charge in [0.2, 0.25) is 5.91 Å². The lowest BCUT2D eigenvalue weighted by atomic mass is 10.1. The number of hydrogen-bond donors (Lipinski definition) is 4. The van der Waals surface area contributed by atoms with Gasteiger partial charge in [0.15, 0.2) is 0 Å². The molecule has 5 heteroatoms. The zero-order valence-corrected chi connectivity index (χ0v) is 8.53.